The van der Waals surface area contributed by atoms with Crippen molar-refractivity contribution in [1.29, 1.82) is 0 Å². The zero-order chi connectivity index (χ0) is 7.19. The second-order valence-electron chi connectivity index (χ2n) is 4.00. The Labute approximate surface area is 61.0 Å². The van der Waals surface area contributed by atoms with Gasteiger partial charge in [-0.25, -0.2) is 4.39 Å². The molecule has 58 valence electrons. The monoisotopic (exact) mass is 143 g/mol. The fourth-order valence-corrected chi connectivity index (χ4v) is 2.44. The molecular weight excluding hydrogens is 129 g/mol. The van der Waals surface area contributed by atoms with Crippen molar-refractivity contribution in [1.82, 2.24) is 5.32 Å². The number of rotatable bonds is 0. The highest BCUT2D eigenvalue weighted by molar-refractivity contribution is 4.96. The van der Waals surface area contributed by atoms with Gasteiger partial charge in [-0.15, -0.1) is 0 Å². The number of hydrogen-bond acceptors (Lipinski definition) is 1. The van der Waals surface area contributed by atoms with Crippen molar-refractivity contribution >= 4 is 0 Å². The number of halogens is 1. The van der Waals surface area contributed by atoms with Gasteiger partial charge in [0.1, 0.15) is 5.67 Å². The van der Waals surface area contributed by atoms with E-state index in [-0.39, 0.29) is 0 Å². The van der Waals surface area contributed by atoms with Gasteiger partial charge in [0.25, 0.3) is 0 Å². The highest BCUT2D eigenvalue weighted by atomic mass is 19.1. The van der Waals surface area contributed by atoms with Crippen molar-refractivity contribution in [2.24, 2.45) is 11.8 Å². The number of fused-ring (bicyclic) bond motifs is 1. The van der Waals surface area contributed by atoms with E-state index in [1.165, 1.54) is 0 Å². The summed E-state index contributed by atoms with van der Waals surface area (Å²) in [5.74, 6) is 1.27. The Hall–Kier alpha value is -0.110. The Morgan fingerprint density at radius 2 is 1.80 bits per heavy atom. The molecule has 2 atom stereocenters. The second-order valence-corrected chi connectivity index (χ2v) is 4.00. The maximum Gasteiger partial charge on any atom is 0.109 e. The largest absolute Gasteiger partial charge is 0.316 e. The normalized spacial score (nSPS) is 53.4. The maximum absolute atomic E-state index is 13.3. The van der Waals surface area contributed by atoms with Crippen LogP contribution < -0.4 is 5.32 Å². The van der Waals surface area contributed by atoms with E-state index in [1.54, 1.807) is 6.92 Å². The quantitative estimate of drug-likeness (QED) is 0.539. The van der Waals surface area contributed by atoms with E-state index in [4.69, 9.17) is 0 Å². The standard InChI is InChI=1S/C8H14FN/c1-8(9)2-6-4-10-5-7(6)3-8/h6-7,10H,2-5H2,1H3. The smallest absolute Gasteiger partial charge is 0.109 e. The van der Waals surface area contributed by atoms with Crippen LogP contribution in [0.5, 0.6) is 0 Å². The molecule has 2 unspecified atom stereocenters. The Kier molecular flexibility index (Phi) is 1.28. The zero-order valence-electron chi connectivity index (χ0n) is 6.36. The third kappa shape index (κ3) is 0.947. The first-order valence-electron chi connectivity index (χ1n) is 4.07. The minimum Gasteiger partial charge on any atom is -0.316 e. The average molecular weight is 143 g/mol. The zero-order valence-corrected chi connectivity index (χ0v) is 6.36. The lowest BCUT2D eigenvalue weighted by molar-refractivity contribution is 0.186. The highest BCUT2D eigenvalue weighted by Crippen LogP contribution is 2.43. The Balaban J connectivity index is 2.07. The van der Waals surface area contributed by atoms with E-state index in [2.05, 4.69) is 5.32 Å². The summed E-state index contributed by atoms with van der Waals surface area (Å²) >= 11 is 0. The van der Waals surface area contributed by atoms with Crippen LogP contribution in [0.15, 0.2) is 0 Å². The summed E-state index contributed by atoms with van der Waals surface area (Å²) in [6.07, 6.45) is 1.56. The molecular formula is C8H14FN. The summed E-state index contributed by atoms with van der Waals surface area (Å²) < 4.78 is 13.3. The lowest BCUT2D eigenvalue weighted by Gasteiger charge is -2.12. The molecule has 0 spiro atoms. The van der Waals surface area contributed by atoms with Gasteiger partial charge in [-0.05, 0) is 44.7 Å². The lowest BCUT2D eigenvalue weighted by atomic mass is 10.0. The van der Waals surface area contributed by atoms with Crippen molar-refractivity contribution < 1.29 is 4.39 Å². The molecule has 0 aromatic rings. The van der Waals surface area contributed by atoms with Crippen LogP contribution in [0.4, 0.5) is 4.39 Å². The van der Waals surface area contributed by atoms with Crippen molar-refractivity contribution in [3.63, 3.8) is 0 Å². The van der Waals surface area contributed by atoms with Crippen LogP contribution in [0.2, 0.25) is 0 Å². The third-order valence-electron chi connectivity index (χ3n) is 2.86. The van der Waals surface area contributed by atoms with Gasteiger partial charge >= 0.3 is 0 Å². The fourth-order valence-electron chi connectivity index (χ4n) is 2.44. The first-order chi connectivity index (χ1) is 4.67. The van der Waals surface area contributed by atoms with E-state index in [1.807, 2.05) is 0 Å². The molecule has 0 aromatic heterocycles. The average Bonchev–Trinajstić information content (AvgIpc) is 2.20. The van der Waals surface area contributed by atoms with E-state index in [0.717, 1.165) is 25.9 Å². The van der Waals surface area contributed by atoms with Gasteiger partial charge in [0.15, 0.2) is 0 Å². The van der Waals surface area contributed by atoms with Crippen LogP contribution in [0.25, 0.3) is 0 Å². The third-order valence-corrected chi connectivity index (χ3v) is 2.86. The van der Waals surface area contributed by atoms with Crippen LogP contribution in [-0.2, 0) is 0 Å². The Morgan fingerprint density at radius 3 is 2.30 bits per heavy atom. The van der Waals surface area contributed by atoms with E-state index >= 15 is 0 Å². The van der Waals surface area contributed by atoms with Crippen LogP contribution >= 0.6 is 0 Å². The lowest BCUT2D eigenvalue weighted by Crippen LogP contribution is -2.19. The first kappa shape index (κ1) is 6.59. The molecule has 1 nitrogen and oxygen atoms in total. The Bertz CT molecular complexity index is 130. The first-order valence-corrected chi connectivity index (χ1v) is 4.07. The molecule has 1 heterocycles. The predicted molar refractivity (Wildman–Crippen MR) is 38.6 cm³/mol. The van der Waals surface area contributed by atoms with E-state index < -0.39 is 5.67 Å². The van der Waals surface area contributed by atoms with Gasteiger partial charge in [-0.2, -0.15) is 0 Å². The number of alkyl halides is 1. The summed E-state index contributed by atoms with van der Waals surface area (Å²) in [5, 5.41) is 3.30. The molecule has 2 aliphatic rings. The van der Waals surface area contributed by atoms with Crippen LogP contribution in [0, 0.1) is 11.8 Å². The Morgan fingerprint density at radius 1 is 1.30 bits per heavy atom. The minimum absolute atomic E-state index is 0.634. The molecule has 0 aromatic carbocycles. The molecule has 2 fully saturated rings. The van der Waals surface area contributed by atoms with Gasteiger partial charge in [0.2, 0.25) is 0 Å². The van der Waals surface area contributed by atoms with Crippen LogP contribution in [0.1, 0.15) is 19.8 Å². The molecule has 0 bridgehead atoms. The number of hydrogen-bond donors (Lipinski definition) is 1. The van der Waals surface area contributed by atoms with Crippen LogP contribution in [-0.4, -0.2) is 18.8 Å². The summed E-state index contributed by atoms with van der Waals surface area (Å²) in [7, 11) is 0. The number of nitrogens with one attached hydrogen (secondary N) is 1. The van der Waals surface area contributed by atoms with Crippen molar-refractivity contribution in [2.45, 2.75) is 25.4 Å². The van der Waals surface area contributed by atoms with Gasteiger partial charge < -0.3 is 5.32 Å². The van der Waals surface area contributed by atoms with Crippen molar-refractivity contribution in [3.05, 3.63) is 0 Å². The minimum atomic E-state index is -0.850. The van der Waals surface area contributed by atoms with Crippen molar-refractivity contribution in [2.75, 3.05) is 13.1 Å². The molecule has 10 heavy (non-hydrogen) atoms. The molecule has 1 aliphatic heterocycles. The second kappa shape index (κ2) is 1.94. The summed E-state index contributed by atoms with van der Waals surface area (Å²) in [4.78, 5) is 0. The fraction of sp³-hybridized carbons (Fsp3) is 1.00. The molecule has 1 saturated heterocycles. The molecule has 0 radical (unpaired) electrons. The van der Waals surface area contributed by atoms with E-state index in [0.29, 0.717) is 11.8 Å². The topological polar surface area (TPSA) is 12.0 Å². The summed E-state index contributed by atoms with van der Waals surface area (Å²) in [6.45, 7) is 3.83. The molecule has 2 heteroatoms. The highest BCUT2D eigenvalue weighted by Gasteiger charge is 2.44. The van der Waals surface area contributed by atoms with E-state index in [9.17, 15) is 4.39 Å². The SMILES string of the molecule is CC1(F)CC2CNCC2C1. The van der Waals surface area contributed by atoms with Crippen molar-refractivity contribution in [3.8, 4) is 0 Å². The van der Waals surface area contributed by atoms with Gasteiger partial charge in [-0.3, -0.25) is 0 Å². The maximum atomic E-state index is 13.3. The molecule has 0 amide bonds. The molecule has 1 saturated carbocycles. The molecule has 2 rings (SSSR count). The van der Waals surface area contributed by atoms with Gasteiger partial charge in [0, 0.05) is 0 Å². The summed E-state index contributed by atoms with van der Waals surface area (Å²) in [5.41, 5.74) is -0.850. The predicted octanol–water partition coefficient (Wildman–Crippen LogP) is 1.34. The van der Waals surface area contributed by atoms with Crippen LogP contribution in [0.3, 0.4) is 0 Å². The van der Waals surface area contributed by atoms with Gasteiger partial charge in [-0.1, -0.05) is 0 Å². The molecule has 1 aliphatic carbocycles. The summed E-state index contributed by atoms with van der Waals surface area (Å²) in [6, 6.07) is 0. The molecule has 1 N–H and O–H groups in total. The van der Waals surface area contributed by atoms with Gasteiger partial charge in [0.05, 0.1) is 0 Å².